The van der Waals surface area contributed by atoms with Crippen molar-refractivity contribution in [3.05, 3.63) is 57.4 Å². The highest BCUT2D eigenvalue weighted by molar-refractivity contribution is 6.31. The lowest BCUT2D eigenvalue weighted by Crippen LogP contribution is -2.46. The van der Waals surface area contributed by atoms with Gasteiger partial charge in [-0.1, -0.05) is 29.8 Å². The van der Waals surface area contributed by atoms with Crippen molar-refractivity contribution in [2.45, 2.75) is 18.8 Å². The molecule has 1 atom stereocenters. The van der Waals surface area contributed by atoms with E-state index in [1.165, 1.54) is 7.11 Å². The summed E-state index contributed by atoms with van der Waals surface area (Å²) in [4.78, 5) is 36.8. The quantitative estimate of drug-likeness (QED) is 0.293. The fourth-order valence-electron chi connectivity index (χ4n) is 6.06. The molecule has 0 amide bonds. The lowest BCUT2D eigenvalue weighted by Gasteiger charge is -2.41. The van der Waals surface area contributed by atoms with Crippen LogP contribution in [-0.2, 0) is 19.1 Å². The van der Waals surface area contributed by atoms with Gasteiger partial charge in [-0.2, -0.15) is 0 Å². The van der Waals surface area contributed by atoms with E-state index >= 15 is 0 Å². The molecule has 0 aromatic heterocycles. The lowest BCUT2D eigenvalue weighted by molar-refractivity contribution is -0.136. The zero-order valence-corrected chi connectivity index (χ0v) is 25.2. The average molecular weight is 574 g/mol. The molecule has 0 radical (unpaired) electrons. The third kappa shape index (κ3) is 7.25. The molecule has 10 heteroatoms. The number of likely N-dealkylation sites (N-methyl/N-ethyl adjacent to an activating group) is 2. The normalized spacial score (nSPS) is 22.1. The summed E-state index contributed by atoms with van der Waals surface area (Å²) in [6.07, 6.45) is 1.47. The minimum absolute atomic E-state index is 0.0774. The van der Waals surface area contributed by atoms with Gasteiger partial charge in [0.15, 0.2) is 0 Å². The molecule has 9 nitrogen and oxygen atoms in total. The van der Waals surface area contributed by atoms with Crippen molar-refractivity contribution in [3.8, 4) is 0 Å². The fraction of sp³-hybridized carbons (Fsp3) is 0.600. The van der Waals surface area contributed by atoms with Gasteiger partial charge in [0, 0.05) is 108 Å². The number of halogens is 1. The molecule has 0 spiro atoms. The smallest absolute Gasteiger partial charge is 0.336 e. The molecule has 0 bridgehead atoms. The van der Waals surface area contributed by atoms with E-state index in [-0.39, 0.29) is 12.6 Å². The van der Waals surface area contributed by atoms with Gasteiger partial charge in [0.25, 0.3) is 6.47 Å². The van der Waals surface area contributed by atoms with Crippen LogP contribution >= 0.6 is 11.6 Å². The lowest BCUT2D eigenvalue weighted by atomic mass is 9.78. The molecule has 3 aliphatic heterocycles. The first-order valence-corrected chi connectivity index (χ1v) is 14.6. The van der Waals surface area contributed by atoms with Gasteiger partial charge >= 0.3 is 5.97 Å². The summed E-state index contributed by atoms with van der Waals surface area (Å²) in [7, 11) is 7.76. The number of carbonyl (C=O) groups is 2. The zero-order valence-electron chi connectivity index (χ0n) is 24.4. The Kier molecular flexibility index (Phi) is 11.0. The number of hydrogen-bond donors (Lipinski definition) is 0. The number of methoxy groups -OCH3 is 1. The summed E-state index contributed by atoms with van der Waals surface area (Å²) in [5.41, 5.74) is 4.28. The summed E-state index contributed by atoms with van der Waals surface area (Å²) in [6.45, 7) is 10.5. The third-order valence-electron chi connectivity index (χ3n) is 8.58. The van der Waals surface area contributed by atoms with E-state index < -0.39 is 5.92 Å². The highest BCUT2D eigenvalue weighted by atomic mass is 35.5. The summed E-state index contributed by atoms with van der Waals surface area (Å²) < 4.78 is 10.8. The molecule has 1 aromatic rings. The molecule has 2 fully saturated rings. The third-order valence-corrected chi connectivity index (χ3v) is 8.92. The van der Waals surface area contributed by atoms with Gasteiger partial charge < -0.3 is 34.0 Å². The van der Waals surface area contributed by atoms with Crippen molar-refractivity contribution >= 4 is 24.0 Å². The van der Waals surface area contributed by atoms with Crippen LogP contribution in [0.3, 0.4) is 0 Å². The van der Waals surface area contributed by atoms with Crippen LogP contribution in [0.15, 0.2) is 46.8 Å². The zero-order chi connectivity index (χ0) is 28.6. The molecule has 0 saturated carbocycles. The maximum absolute atomic E-state index is 13.6. The first-order chi connectivity index (χ1) is 19.3. The second kappa shape index (κ2) is 14.5. The van der Waals surface area contributed by atoms with Crippen LogP contribution in [0.4, 0.5) is 0 Å². The number of carbonyl (C=O) groups excluding carboxylic acids is 2. The average Bonchev–Trinajstić information content (AvgIpc) is 2.96. The van der Waals surface area contributed by atoms with Crippen LogP contribution in [0.1, 0.15) is 24.3 Å². The maximum atomic E-state index is 13.6. The van der Waals surface area contributed by atoms with Crippen molar-refractivity contribution in [3.63, 3.8) is 0 Å². The van der Waals surface area contributed by atoms with Crippen molar-refractivity contribution in [2.24, 2.45) is 0 Å². The van der Waals surface area contributed by atoms with Crippen LogP contribution in [0.5, 0.6) is 0 Å². The highest BCUT2D eigenvalue weighted by Gasteiger charge is 2.39. The molecule has 1 unspecified atom stereocenters. The van der Waals surface area contributed by atoms with Crippen LogP contribution < -0.4 is 0 Å². The number of nitrogens with zero attached hydrogens (tertiary/aromatic N) is 5. The van der Waals surface area contributed by atoms with Gasteiger partial charge in [-0.25, -0.2) is 4.79 Å². The Labute approximate surface area is 243 Å². The molecule has 1 aromatic carbocycles. The molecular formula is C30H44ClN5O4. The maximum Gasteiger partial charge on any atom is 0.336 e. The van der Waals surface area contributed by atoms with E-state index in [2.05, 4.69) is 38.6 Å². The van der Waals surface area contributed by atoms with Gasteiger partial charge in [-0.3, -0.25) is 4.79 Å². The largest absolute Gasteiger partial charge is 0.466 e. The van der Waals surface area contributed by atoms with E-state index in [1.54, 1.807) is 0 Å². The number of rotatable bonds is 11. The van der Waals surface area contributed by atoms with E-state index in [0.717, 1.165) is 94.4 Å². The first-order valence-electron chi connectivity index (χ1n) is 14.2. The highest BCUT2D eigenvalue weighted by Crippen LogP contribution is 2.45. The second-order valence-corrected chi connectivity index (χ2v) is 11.4. The summed E-state index contributed by atoms with van der Waals surface area (Å²) in [5, 5.41) is 0.568. The van der Waals surface area contributed by atoms with Crippen molar-refractivity contribution in [1.82, 2.24) is 24.5 Å². The Morgan fingerprint density at radius 2 is 1.45 bits per heavy atom. The Balaban J connectivity index is 1.75. The molecular weight excluding hydrogens is 530 g/mol. The molecule has 2 saturated heterocycles. The van der Waals surface area contributed by atoms with Crippen LogP contribution in [0.25, 0.3) is 0 Å². The second-order valence-electron chi connectivity index (χ2n) is 11.0. The topological polar surface area (TPSA) is 68.8 Å². The molecule has 0 aliphatic carbocycles. The standard InChI is InChI=1S/C30H44ClN5O4/c1-32-13-17-35(18-14-32)11-9-26-24(21-40-22-37)28(23-7-5-6-8-25(23)31)29(30(38)39-4)27(34(26)3)10-12-36-19-15-33(2)16-20-36/h5-8,22,28H,9-21H2,1-4H3. The summed E-state index contributed by atoms with van der Waals surface area (Å²) in [6, 6.07) is 7.62. The first kappa shape index (κ1) is 30.5. The summed E-state index contributed by atoms with van der Waals surface area (Å²) >= 11 is 6.78. The SMILES string of the molecule is COC(=O)C1=C(CCN2CCN(C)CC2)N(C)C(CCN2CCN(C)CC2)=C(COC=O)C1c1ccccc1Cl. The fourth-order valence-corrected chi connectivity index (χ4v) is 6.30. The van der Waals surface area contributed by atoms with E-state index in [4.69, 9.17) is 21.1 Å². The molecule has 40 heavy (non-hydrogen) atoms. The number of benzene rings is 1. The summed E-state index contributed by atoms with van der Waals surface area (Å²) in [5.74, 6) is -0.853. The van der Waals surface area contributed by atoms with Gasteiger partial charge in [0.1, 0.15) is 6.61 Å². The Bertz CT molecular complexity index is 1090. The van der Waals surface area contributed by atoms with Crippen LogP contribution in [0, 0.1) is 0 Å². The van der Waals surface area contributed by atoms with Crippen molar-refractivity contribution in [1.29, 1.82) is 0 Å². The molecule has 3 aliphatic rings. The van der Waals surface area contributed by atoms with Gasteiger partial charge in [0.2, 0.25) is 0 Å². The predicted octanol–water partition coefficient (Wildman–Crippen LogP) is 2.50. The Hall–Kier alpha value is -2.43. The van der Waals surface area contributed by atoms with E-state index in [1.807, 2.05) is 31.3 Å². The van der Waals surface area contributed by atoms with Gasteiger partial charge in [-0.05, 0) is 31.3 Å². The molecule has 3 heterocycles. The number of ether oxygens (including phenoxy) is 2. The van der Waals surface area contributed by atoms with Gasteiger partial charge in [-0.15, -0.1) is 0 Å². The Morgan fingerprint density at radius 1 is 0.900 bits per heavy atom. The monoisotopic (exact) mass is 573 g/mol. The van der Waals surface area contributed by atoms with E-state index in [0.29, 0.717) is 23.5 Å². The minimum Gasteiger partial charge on any atom is -0.466 e. The molecule has 0 N–H and O–H groups in total. The van der Waals surface area contributed by atoms with Gasteiger partial charge in [0.05, 0.1) is 12.7 Å². The van der Waals surface area contributed by atoms with Crippen molar-refractivity contribution < 1.29 is 19.1 Å². The minimum atomic E-state index is -0.470. The number of hydrogen-bond acceptors (Lipinski definition) is 9. The van der Waals surface area contributed by atoms with Crippen molar-refractivity contribution in [2.75, 3.05) is 100 Å². The van der Waals surface area contributed by atoms with Crippen LogP contribution in [-0.4, -0.2) is 137 Å². The Morgan fingerprint density at radius 3 is 1.98 bits per heavy atom. The molecule has 220 valence electrons. The predicted molar refractivity (Wildman–Crippen MR) is 157 cm³/mol. The van der Waals surface area contributed by atoms with Crippen LogP contribution in [0.2, 0.25) is 5.02 Å². The number of piperazine rings is 2. The number of esters is 1. The molecule has 4 rings (SSSR count). The van der Waals surface area contributed by atoms with E-state index in [9.17, 15) is 9.59 Å².